The van der Waals surface area contributed by atoms with Gasteiger partial charge in [-0.2, -0.15) is 0 Å². The highest BCUT2D eigenvalue weighted by atomic mass is 16.5. The summed E-state index contributed by atoms with van der Waals surface area (Å²) in [5.41, 5.74) is 0.663. The Hall–Kier alpha value is -1.06. The molecule has 3 nitrogen and oxygen atoms in total. The summed E-state index contributed by atoms with van der Waals surface area (Å²) in [6.45, 7) is 0.165. The van der Waals surface area contributed by atoms with Gasteiger partial charge in [-0.3, -0.25) is 0 Å². The molecule has 2 N–H and O–H groups in total. The van der Waals surface area contributed by atoms with Gasteiger partial charge in [0.15, 0.2) is 0 Å². The van der Waals surface area contributed by atoms with Gasteiger partial charge in [0.1, 0.15) is 24.6 Å². The van der Waals surface area contributed by atoms with Gasteiger partial charge in [0.2, 0.25) is 0 Å². The number of aliphatic hydroxyl groups is 2. The van der Waals surface area contributed by atoms with Crippen molar-refractivity contribution in [3.05, 3.63) is 29.8 Å². The second-order valence-corrected chi connectivity index (χ2v) is 2.86. The first-order chi connectivity index (χ1) is 5.79. The van der Waals surface area contributed by atoms with Crippen LogP contribution in [0.3, 0.4) is 0 Å². The number of rotatable bonds is 0. The van der Waals surface area contributed by atoms with Crippen LogP contribution in [0.4, 0.5) is 0 Å². The molecule has 3 heteroatoms. The molecule has 0 radical (unpaired) electrons. The van der Waals surface area contributed by atoms with Gasteiger partial charge in [0.05, 0.1) is 0 Å². The van der Waals surface area contributed by atoms with Crippen LogP contribution in [0.2, 0.25) is 0 Å². The van der Waals surface area contributed by atoms with Crippen LogP contribution in [0.15, 0.2) is 24.3 Å². The molecule has 0 saturated carbocycles. The Balaban J connectivity index is 2.42. The van der Waals surface area contributed by atoms with Crippen molar-refractivity contribution in [2.24, 2.45) is 0 Å². The maximum absolute atomic E-state index is 9.50. The van der Waals surface area contributed by atoms with Gasteiger partial charge >= 0.3 is 0 Å². The first-order valence-corrected chi connectivity index (χ1v) is 3.87. The van der Waals surface area contributed by atoms with E-state index in [2.05, 4.69) is 0 Å². The van der Waals surface area contributed by atoms with Crippen LogP contribution in [-0.4, -0.2) is 22.9 Å². The Morgan fingerprint density at radius 3 is 2.83 bits per heavy atom. The fraction of sp³-hybridized carbons (Fsp3) is 0.333. The Kier molecular flexibility index (Phi) is 1.75. The van der Waals surface area contributed by atoms with E-state index in [0.717, 1.165) is 0 Å². The average Bonchev–Trinajstić information content (AvgIpc) is 2.12. The van der Waals surface area contributed by atoms with E-state index in [0.29, 0.717) is 11.3 Å². The predicted octanol–water partition coefficient (Wildman–Crippen LogP) is 0.473. The summed E-state index contributed by atoms with van der Waals surface area (Å²) in [6, 6.07) is 7.18. The van der Waals surface area contributed by atoms with Gasteiger partial charge in [-0.25, -0.2) is 0 Å². The average molecular weight is 166 g/mol. The summed E-state index contributed by atoms with van der Waals surface area (Å²) >= 11 is 0. The highest BCUT2D eigenvalue weighted by Gasteiger charge is 2.26. The standard InChI is InChI=1S/C9H10O3/c10-7-5-12-8-4-2-1-3-6(8)9(7)11/h1-4,7,9-11H,5H2/t7-,9+/m1/s1. The predicted molar refractivity (Wildman–Crippen MR) is 42.9 cm³/mol. The molecular formula is C9H10O3. The molecule has 1 aliphatic rings. The van der Waals surface area contributed by atoms with Crippen molar-refractivity contribution >= 4 is 0 Å². The molecule has 2 rings (SSSR count). The molecule has 0 aliphatic carbocycles. The van der Waals surface area contributed by atoms with Crippen LogP contribution >= 0.6 is 0 Å². The molecule has 0 aromatic heterocycles. The van der Waals surface area contributed by atoms with Crippen molar-refractivity contribution in [3.8, 4) is 5.75 Å². The van der Waals surface area contributed by atoms with Gasteiger partial charge in [0, 0.05) is 5.56 Å². The number of aliphatic hydroxyl groups excluding tert-OH is 2. The maximum atomic E-state index is 9.50. The second-order valence-electron chi connectivity index (χ2n) is 2.86. The van der Waals surface area contributed by atoms with E-state index in [-0.39, 0.29) is 6.61 Å². The van der Waals surface area contributed by atoms with Crippen molar-refractivity contribution in [2.75, 3.05) is 6.61 Å². The SMILES string of the molecule is O[C@@H]1COc2ccccc2[C@@H]1O. The number of fused-ring (bicyclic) bond motifs is 1. The zero-order valence-electron chi connectivity index (χ0n) is 6.47. The van der Waals surface area contributed by atoms with E-state index in [4.69, 9.17) is 4.74 Å². The van der Waals surface area contributed by atoms with E-state index in [1.165, 1.54) is 0 Å². The van der Waals surface area contributed by atoms with Crippen molar-refractivity contribution in [1.82, 2.24) is 0 Å². The second kappa shape index (κ2) is 2.77. The number of hydrogen-bond acceptors (Lipinski definition) is 3. The monoisotopic (exact) mass is 166 g/mol. The minimum absolute atomic E-state index is 0.165. The largest absolute Gasteiger partial charge is 0.490 e. The van der Waals surface area contributed by atoms with Crippen LogP contribution in [-0.2, 0) is 0 Å². The molecule has 0 amide bonds. The lowest BCUT2D eigenvalue weighted by Crippen LogP contribution is -2.30. The highest BCUT2D eigenvalue weighted by Crippen LogP contribution is 2.31. The van der Waals surface area contributed by atoms with Crippen LogP contribution in [0.5, 0.6) is 5.75 Å². The molecule has 0 unspecified atom stereocenters. The Labute approximate surface area is 70.2 Å². The van der Waals surface area contributed by atoms with Crippen molar-refractivity contribution in [1.29, 1.82) is 0 Å². The molecule has 64 valence electrons. The molecule has 0 bridgehead atoms. The Morgan fingerprint density at radius 2 is 2.00 bits per heavy atom. The van der Waals surface area contributed by atoms with E-state index < -0.39 is 12.2 Å². The summed E-state index contributed by atoms with van der Waals surface area (Å²) in [5.74, 6) is 0.662. The highest BCUT2D eigenvalue weighted by molar-refractivity contribution is 5.37. The lowest BCUT2D eigenvalue weighted by Gasteiger charge is -2.26. The van der Waals surface area contributed by atoms with Crippen LogP contribution in [0.25, 0.3) is 0 Å². The maximum Gasteiger partial charge on any atom is 0.125 e. The van der Waals surface area contributed by atoms with Crippen molar-refractivity contribution < 1.29 is 14.9 Å². The molecular weight excluding hydrogens is 156 g/mol. The molecule has 12 heavy (non-hydrogen) atoms. The molecule has 0 fully saturated rings. The number of benzene rings is 1. The van der Waals surface area contributed by atoms with Crippen LogP contribution in [0, 0.1) is 0 Å². The molecule has 0 saturated heterocycles. The van der Waals surface area contributed by atoms with E-state index in [9.17, 15) is 10.2 Å². The third-order valence-electron chi connectivity index (χ3n) is 2.01. The summed E-state index contributed by atoms with van der Waals surface area (Å²) in [6.07, 6.45) is -1.62. The quantitative estimate of drug-likeness (QED) is 0.589. The van der Waals surface area contributed by atoms with Gasteiger partial charge in [-0.05, 0) is 6.07 Å². The number of hydrogen-bond donors (Lipinski definition) is 2. The Morgan fingerprint density at radius 1 is 1.25 bits per heavy atom. The van der Waals surface area contributed by atoms with Crippen LogP contribution in [0.1, 0.15) is 11.7 Å². The first-order valence-electron chi connectivity index (χ1n) is 3.87. The normalized spacial score (nSPS) is 27.5. The van der Waals surface area contributed by atoms with Gasteiger partial charge in [-0.15, -0.1) is 0 Å². The summed E-state index contributed by atoms with van der Waals surface area (Å²) < 4.78 is 5.20. The molecule has 0 spiro atoms. The zero-order chi connectivity index (χ0) is 8.55. The Bertz CT molecular complexity index is 285. The minimum atomic E-state index is -0.810. The van der Waals surface area contributed by atoms with Gasteiger partial charge in [-0.1, -0.05) is 18.2 Å². The molecule has 1 heterocycles. The van der Waals surface area contributed by atoms with E-state index in [1.54, 1.807) is 12.1 Å². The topological polar surface area (TPSA) is 49.7 Å². The fourth-order valence-electron chi connectivity index (χ4n) is 1.33. The lowest BCUT2D eigenvalue weighted by atomic mass is 10.0. The molecule has 1 aliphatic heterocycles. The lowest BCUT2D eigenvalue weighted by molar-refractivity contribution is -0.0255. The number of ether oxygens (including phenoxy) is 1. The smallest absolute Gasteiger partial charge is 0.125 e. The third-order valence-corrected chi connectivity index (χ3v) is 2.01. The summed E-state index contributed by atoms with van der Waals surface area (Å²) in [5, 5.41) is 18.7. The van der Waals surface area contributed by atoms with E-state index >= 15 is 0 Å². The third kappa shape index (κ3) is 1.07. The fourth-order valence-corrected chi connectivity index (χ4v) is 1.33. The number of para-hydroxylation sites is 1. The van der Waals surface area contributed by atoms with Crippen LogP contribution < -0.4 is 4.74 Å². The van der Waals surface area contributed by atoms with Gasteiger partial charge < -0.3 is 14.9 Å². The summed E-state index contributed by atoms with van der Waals surface area (Å²) in [4.78, 5) is 0. The summed E-state index contributed by atoms with van der Waals surface area (Å²) in [7, 11) is 0. The molecule has 1 aromatic rings. The minimum Gasteiger partial charge on any atom is -0.490 e. The zero-order valence-corrected chi connectivity index (χ0v) is 6.47. The van der Waals surface area contributed by atoms with Gasteiger partial charge in [0.25, 0.3) is 0 Å². The molecule has 1 aromatic carbocycles. The van der Waals surface area contributed by atoms with Crippen molar-refractivity contribution in [2.45, 2.75) is 12.2 Å². The molecule has 2 atom stereocenters. The van der Waals surface area contributed by atoms with Crippen molar-refractivity contribution in [3.63, 3.8) is 0 Å². The first kappa shape index (κ1) is 7.58. The van der Waals surface area contributed by atoms with E-state index in [1.807, 2.05) is 12.1 Å².